The van der Waals surface area contributed by atoms with E-state index in [-0.39, 0.29) is 0 Å². The van der Waals surface area contributed by atoms with Gasteiger partial charge >= 0.3 is 0 Å². The number of unbranched alkanes of at least 4 members (excludes halogenated alkanes) is 3. The van der Waals surface area contributed by atoms with Crippen molar-refractivity contribution in [2.24, 2.45) is 17.8 Å². The summed E-state index contributed by atoms with van der Waals surface area (Å²) >= 11 is 0. The smallest absolute Gasteiger partial charge is 0.0388 e. The molecular formula is C19H42. The van der Waals surface area contributed by atoms with Gasteiger partial charge in [0.25, 0.3) is 0 Å². The zero-order chi connectivity index (χ0) is 15.1. The lowest BCUT2D eigenvalue weighted by atomic mass is 9.81. The highest BCUT2D eigenvalue weighted by Gasteiger charge is 2.16. The van der Waals surface area contributed by atoms with Crippen LogP contribution in [-0.4, -0.2) is 0 Å². The minimum absolute atomic E-state index is 0.877. The molecular weight excluding hydrogens is 228 g/mol. The SMILES string of the molecule is CC.CCCCCC(CCC(C)C)C(C)CCCC. The van der Waals surface area contributed by atoms with E-state index in [1.54, 1.807) is 0 Å². The molecule has 0 bridgehead atoms. The summed E-state index contributed by atoms with van der Waals surface area (Å²) in [7, 11) is 0. The van der Waals surface area contributed by atoms with Gasteiger partial charge in [0.15, 0.2) is 0 Å². The lowest BCUT2D eigenvalue weighted by Gasteiger charge is -2.25. The molecule has 0 radical (unpaired) electrons. The van der Waals surface area contributed by atoms with Crippen LogP contribution in [0.4, 0.5) is 0 Å². The quantitative estimate of drug-likeness (QED) is 0.341. The van der Waals surface area contributed by atoms with E-state index in [9.17, 15) is 0 Å². The third-order valence-corrected chi connectivity index (χ3v) is 4.11. The summed E-state index contributed by atoms with van der Waals surface area (Å²) in [6.07, 6.45) is 12.8. The van der Waals surface area contributed by atoms with E-state index < -0.39 is 0 Å². The fourth-order valence-electron chi connectivity index (χ4n) is 2.68. The topological polar surface area (TPSA) is 0 Å². The maximum atomic E-state index is 2.49. The summed E-state index contributed by atoms with van der Waals surface area (Å²) < 4.78 is 0. The Morgan fingerprint density at radius 1 is 0.632 bits per heavy atom. The number of rotatable bonds is 11. The predicted molar refractivity (Wildman–Crippen MR) is 91.7 cm³/mol. The Hall–Kier alpha value is 0. The molecule has 0 aromatic carbocycles. The lowest BCUT2D eigenvalue weighted by Crippen LogP contribution is -2.13. The van der Waals surface area contributed by atoms with Gasteiger partial charge in [0, 0.05) is 0 Å². The normalized spacial score (nSPS) is 13.9. The summed E-state index contributed by atoms with van der Waals surface area (Å²) in [5, 5.41) is 0. The average Bonchev–Trinajstić information content (AvgIpc) is 2.42. The van der Waals surface area contributed by atoms with Gasteiger partial charge in [-0.05, 0) is 24.2 Å². The highest BCUT2D eigenvalue weighted by molar-refractivity contribution is 4.68. The van der Waals surface area contributed by atoms with Crippen LogP contribution in [0.5, 0.6) is 0 Å². The molecule has 0 amide bonds. The fraction of sp³-hybridized carbons (Fsp3) is 1.00. The van der Waals surface area contributed by atoms with Gasteiger partial charge in [-0.2, -0.15) is 0 Å². The molecule has 2 atom stereocenters. The van der Waals surface area contributed by atoms with Crippen molar-refractivity contribution in [3.63, 3.8) is 0 Å². The van der Waals surface area contributed by atoms with Gasteiger partial charge in [-0.3, -0.25) is 0 Å². The van der Waals surface area contributed by atoms with Crippen molar-refractivity contribution < 1.29 is 0 Å². The molecule has 0 aromatic rings. The van der Waals surface area contributed by atoms with E-state index in [0.29, 0.717) is 0 Å². The van der Waals surface area contributed by atoms with E-state index in [4.69, 9.17) is 0 Å². The molecule has 0 spiro atoms. The minimum Gasteiger partial charge on any atom is -0.0683 e. The largest absolute Gasteiger partial charge is 0.0683 e. The third kappa shape index (κ3) is 14.2. The van der Waals surface area contributed by atoms with Gasteiger partial charge in [-0.25, -0.2) is 0 Å². The van der Waals surface area contributed by atoms with E-state index in [1.807, 2.05) is 13.8 Å². The second-order valence-electron chi connectivity index (χ2n) is 6.35. The lowest BCUT2D eigenvalue weighted by molar-refractivity contribution is 0.269. The summed E-state index contributed by atoms with van der Waals surface area (Å²) in [6.45, 7) is 15.8. The van der Waals surface area contributed by atoms with Gasteiger partial charge in [-0.1, -0.05) is 99.8 Å². The zero-order valence-corrected chi connectivity index (χ0v) is 15.1. The Bertz CT molecular complexity index is 148. The molecule has 0 aliphatic heterocycles. The van der Waals surface area contributed by atoms with Gasteiger partial charge in [0.2, 0.25) is 0 Å². The summed E-state index contributed by atoms with van der Waals surface area (Å²) in [5.74, 6) is 2.82. The molecule has 0 aliphatic carbocycles. The Morgan fingerprint density at radius 3 is 1.68 bits per heavy atom. The maximum absolute atomic E-state index is 2.49. The van der Waals surface area contributed by atoms with Crippen LogP contribution in [0.25, 0.3) is 0 Å². The van der Waals surface area contributed by atoms with Crippen LogP contribution < -0.4 is 0 Å². The van der Waals surface area contributed by atoms with Crippen LogP contribution in [0.2, 0.25) is 0 Å². The molecule has 2 unspecified atom stereocenters. The van der Waals surface area contributed by atoms with Gasteiger partial charge < -0.3 is 0 Å². The third-order valence-electron chi connectivity index (χ3n) is 4.11. The second-order valence-corrected chi connectivity index (χ2v) is 6.35. The van der Waals surface area contributed by atoms with E-state index in [2.05, 4.69) is 34.6 Å². The highest BCUT2D eigenvalue weighted by atomic mass is 14.2. The minimum atomic E-state index is 0.877. The Morgan fingerprint density at radius 2 is 1.21 bits per heavy atom. The standard InChI is InChI=1S/C17H36.C2H6/c1-6-8-10-12-17(14-13-15(3)4)16(5)11-9-7-2;1-2/h15-17H,6-14H2,1-5H3;1-2H3. The van der Waals surface area contributed by atoms with Gasteiger partial charge in [-0.15, -0.1) is 0 Å². The molecule has 0 N–H and O–H groups in total. The monoisotopic (exact) mass is 270 g/mol. The maximum Gasteiger partial charge on any atom is -0.0388 e. The van der Waals surface area contributed by atoms with Crippen molar-refractivity contribution in [2.75, 3.05) is 0 Å². The molecule has 19 heavy (non-hydrogen) atoms. The average molecular weight is 271 g/mol. The summed E-state index contributed by atoms with van der Waals surface area (Å²) in [4.78, 5) is 0. The van der Waals surface area contributed by atoms with Crippen molar-refractivity contribution in [3.8, 4) is 0 Å². The molecule has 0 rings (SSSR count). The number of hydrogen-bond donors (Lipinski definition) is 0. The molecule has 0 aromatic heterocycles. The van der Waals surface area contributed by atoms with Crippen LogP contribution in [-0.2, 0) is 0 Å². The molecule has 0 saturated carbocycles. The Kier molecular flexibility index (Phi) is 18.0. The Balaban J connectivity index is 0. The van der Waals surface area contributed by atoms with Crippen LogP contribution >= 0.6 is 0 Å². The van der Waals surface area contributed by atoms with Gasteiger partial charge in [0.05, 0.1) is 0 Å². The first-order valence-electron chi connectivity index (χ1n) is 9.11. The molecule has 0 aliphatic rings. The van der Waals surface area contributed by atoms with Crippen LogP contribution in [0.3, 0.4) is 0 Å². The summed E-state index contributed by atoms with van der Waals surface area (Å²) in [6, 6.07) is 0. The first kappa shape index (κ1) is 21.3. The first-order valence-corrected chi connectivity index (χ1v) is 9.11. The van der Waals surface area contributed by atoms with Crippen molar-refractivity contribution in [3.05, 3.63) is 0 Å². The van der Waals surface area contributed by atoms with Gasteiger partial charge in [0.1, 0.15) is 0 Å². The van der Waals surface area contributed by atoms with E-state index >= 15 is 0 Å². The van der Waals surface area contributed by atoms with Crippen molar-refractivity contribution >= 4 is 0 Å². The highest BCUT2D eigenvalue weighted by Crippen LogP contribution is 2.29. The van der Waals surface area contributed by atoms with E-state index in [0.717, 1.165) is 17.8 Å². The molecule has 0 saturated heterocycles. The van der Waals surface area contributed by atoms with Crippen molar-refractivity contribution in [2.45, 2.75) is 106 Å². The van der Waals surface area contributed by atoms with Crippen LogP contribution in [0, 0.1) is 17.8 Å². The summed E-state index contributed by atoms with van der Waals surface area (Å²) in [5.41, 5.74) is 0. The van der Waals surface area contributed by atoms with Crippen LogP contribution in [0.1, 0.15) is 106 Å². The molecule has 0 heteroatoms. The fourth-order valence-corrected chi connectivity index (χ4v) is 2.68. The molecule has 0 heterocycles. The van der Waals surface area contributed by atoms with Crippen LogP contribution in [0.15, 0.2) is 0 Å². The number of hydrogen-bond acceptors (Lipinski definition) is 0. The van der Waals surface area contributed by atoms with E-state index in [1.165, 1.54) is 57.8 Å². The van der Waals surface area contributed by atoms with Crippen molar-refractivity contribution in [1.82, 2.24) is 0 Å². The molecule has 118 valence electrons. The second kappa shape index (κ2) is 16.1. The Labute approximate surface area is 124 Å². The first-order chi connectivity index (χ1) is 9.11. The molecule has 0 fully saturated rings. The molecule has 0 nitrogen and oxygen atoms in total. The predicted octanol–water partition coefficient (Wildman–Crippen LogP) is 7.47. The van der Waals surface area contributed by atoms with Crippen molar-refractivity contribution in [1.29, 1.82) is 0 Å². The zero-order valence-electron chi connectivity index (χ0n) is 15.1.